The third kappa shape index (κ3) is 3.72. The lowest BCUT2D eigenvalue weighted by Gasteiger charge is -2.56. The van der Waals surface area contributed by atoms with Crippen LogP contribution in [0.5, 0.6) is 0 Å². The molecule has 2 nitrogen and oxygen atoms in total. The summed E-state index contributed by atoms with van der Waals surface area (Å²) in [5.41, 5.74) is 1.37. The molecule has 0 aliphatic heterocycles. The minimum Gasteiger partial charge on any atom is -0.351 e. The van der Waals surface area contributed by atoms with Crippen LogP contribution in [-0.2, 0) is 4.79 Å². The van der Waals surface area contributed by atoms with Crippen LogP contribution in [0.15, 0.2) is 35.7 Å². The maximum absolute atomic E-state index is 12.4. The first-order valence-corrected chi connectivity index (χ1v) is 10.4. The Balaban J connectivity index is 1.22. The highest BCUT2D eigenvalue weighted by atomic mass is 32.2. The van der Waals surface area contributed by atoms with Crippen molar-refractivity contribution in [2.24, 2.45) is 17.8 Å². The molecule has 1 aromatic carbocycles. The van der Waals surface area contributed by atoms with Gasteiger partial charge in [-0.25, -0.2) is 0 Å². The fourth-order valence-corrected chi connectivity index (χ4v) is 6.23. The molecule has 4 aliphatic rings. The van der Waals surface area contributed by atoms with Gasteiger partial charge in [-0.3, -0.25) is 4.79 Å². The van der Waals surface area contributed by atoms with Gasteiger partial charge in [-0.2, -0.15) is 0 Å². The topological polar surface area (TPSA) is 29.1 Å². The van der Waals surface area contributed by atoms with Gasteiger partial charge in [0.2, 0.25) is 5.91 Å². The number of carbonyl (C=O) groups excluding carboxylic acids is 1. The zero-order chi connectivity index (χ0) is 16.4. The smallest absolute Gasteiger partial charge is 0.221 e. The van der Waals surface area contributed by atoms with E-state index in [-0.39, 0.29) is 11.4 Å². The fourth-order valence-electron chi connectivity index (χ4n) is 5.53. The van der Waals surface area contributed by atoms with Crippen LogP contribution in [0.3, 0.4) is 0 Å². The Hall–Kier alpha value is -1.22. The fraction of sp³-hybridized carbons (Fsp3) is 0.571. The Labute approximate surface area is 149 Å². The summed E-state index contributed by atoms with van der Waals surface area (Å²) in [6, 6.07) is 10.3. The van der Waals surface area contributed by atoms with Crippen LogP contribution in [0.2, 0.25) is 0 Å². The number of benzene rings is 1. The Morgan fingerprint density at radius 3 is 2.33 bits per heavy atom. The molecule has 1 aromatic rings. The van der Waals surface area contributed by atoms with Gasteiger partial charge in [-0.1, -0.05) is 30.3 Å². The molecule has 0 unspecified atom stereocenters. The monoisotopic (exact) mass is 341 g/mol. The van der Waals surface area contributed by atoms with Gasteiger partial charge in [-0.05, 0) is 73.3 Å². The summed E-state index contributed by atoms with van der Waals surface area (Å²) < 4.78 is 0. The maximum Gasteiger partial charge on any atom is 0.221 e. The van der Waals surface area contributed by atoms with Crippen LogP contribution < -0.4 is 5.32 Å². The van der Waals surface area contributed by atoms with Gasteiger partial charge in [0, 0.05) is 17.7 Å². The summed E-state index contributed by atoms with van der Waals surface area (Å²) in [7, 11) is 0. The molecule has 128 valence electrons. The molecule has 4 bridgehead atoms. The van der Waals surface area contributed by atoms with Crippen molar-refractivity contribution in [1.82, 2.24) is 5.32 Å². The van der Waals surface area contributed by atoms with E-state index in [1.54, 1.807) is 11.8 Å². The van der Waals surface area contributed by atoms with Gasteiger partial charge in [0.15, 0.2) is 0 Å². The minimum absolute atomic E-state index is 0.163. The maximum atomic E-state index is 12.4. The first kappa shape index (κ1) is 16.3. The molecule has 0 aromatic heterocycles. The average molecular weight is 342 g/mol. The minimum atomic E-state index is 0.163. The number of hydrogen-bond acceptors (Lipinski definition) is 2. The van der Waals surface area contributed by atoms with Crippen LogP contribution in [0.25, 0.3) is 6.08 Å². The van der Waals surface area contributed by atoms with Crippen molar-refractivity contribution in [3.63, 3.8) is 0 Å². The van der Waals surface area contributed by atoms with Crippen LogP contribution in [0, 0.1) is 17.8 Å². The molecule has 24 heavy (non-hydrogen) atoms. The number of amides is 1. The van der Waals surface area contributed by atoms with Crippen molar-refractivity contribution in [1.29, 1.82) is 0 Å². The van der Waals surface area contributed by atoms with Crippen molar-refractivity contribution in [3.8, 4) is 0 Å². The van der Waals surface area contributed by atoms with E-state index in [4.69, 9.17) is 0 Å². The number of hydrogen-bond donors (Lipinski definition) is 1. The molecule has 0 atom stereocenters. The predicted octanol–water partition coefficient (Wildman–Crippen LogP) is 4.87. The third-order valence-electron chi connectivity index (χ3n) is 6.05. The highest BCUT2D eigenvalue weighted by Crippen LogP contribution is 2.55. The molecule has 1 N–H and O–H groups in total. The molecule has 5 rings (SSSR count). The lowest BCUT2D eigenvalue weighted by molar-refractivity contribution is -0.126. The summed E-state index contributed by atoms with van der Waals surface area (Å²) in [5, 5.41) is 5.56. The quantitative estimate of drug-likeness (QED) is 0.748. The standard InChI is InChI=1S/C21H27NOS/c23-20(7-9-24-8-6-16-4-2-1-3-5-16)22-21-13-17-10-18(14-21)12-19(11-17)15-21/h1-6,8,17-19H,7,9-15H2,(H,22,23). The number of rotatable bonds is 6. The molecule has 0 saturated heterocycles. The summed E-state index contributed by atoms with van der Waals surface area (Å²) in [6.45, 7) is 0. The van der Waals surface area contributed by atoms with Crippen molar-refractivity contribution >= 4 is 23.7 Å². The van der Waals surface area contributed by atoms with E-state index in [1.165, 1.54) is 44.1 Å². The molecular formula is C21H27NOS. The summed E-state index contributed by atoms with van der Waals surface area (Å²) in [5.74, 6) is 3.79. The Kier molecular flexibility index (Phi) is 4.71. The SMILES string of the molecule is O=C(CCSC=Cc1ccccc1)NC12CC3CC(CC(C3)C1)C2. The van der Waals surface area contributed by atoms with Gasteiger partial charge in [-0.15, -0.1) is 11.8 Å². The normalized spacial score (nSPS) is 33.9. The average Bonchev–Trinajstić information content (AvgIpc) is 2.53. The molecule has 0 spiro atoms. The first-order chi connectivity index (χ1) is 11.7. The van der Waals surface area contributed by atoms with E-state index in [0.717, 1.165) is 23.5 Å². The summed E-state index contributed by atoms with van der Waals surface area (Å²) >= 11 is 1.73. The second kappa shape index (κ2) is 6.95. The van der Waals surface area contributed by atoms with Gasteiger partial charge >= 0.3 is 0 Å². The van der Waals surface area contributed by atoms with E-state index in [2.05, 4.69) is 28.9 Å². The number of thioether (sulfide) groups is 1. The van der Waals surface area contributed by atoms with E-state index in [1.807, 2.05) is 18.2 Å². The third-order valence-corrected chi connectivity index (χ3v) is 6.81. The van der Waals surface area contributed by atoms with Gasteiger partial charge in [0.25, 0.3) is 0 Å². The zero-order valence-corrected chi connectivity index (χ0v) is 15.1. The van der Waals surface area contributed by atoms with Crippen LogP contribution in [0.4, 0.5) is 0 Å². The Bertz CT molecular complexity index is 574. The predicted molar refractivity (Wildman–Crippen MR) is 102 cm³/mol. The van der Waals surface area contributed by atoms with Gasteiger partial charge in [0.1, 0.15) is 0 Å². The molecule has 4 saturated carbocycles. The summed E-state index contributed by atoms with van der Waals surface area (Å²) in [6.07, 6.45) is 10.7. The van der Waals surface area contributed by atoms with Crippen molar-refractivity contribution in [3.05, 3.63) is 41.3 Å². The number of nitrogens with one attached hydrogen (secondary N) is 1. The van der Waals surface area contributed by atoms with Crippen molar-refractivity contribution < 1.29 is 4.79 Å². The van der Waals surface area contributed by atoms with E-state index in [0.29, 0.717) is 6.42 Å². The number of carbonyl (C=O) groups is 1. The Morgan fingerprint density at radius 2 is 1.71 bits per heavy atom. The molecule has 3 heteroatoms. The molecule has 4 fully saturated rings. The van der Waals surface area contributed by atoms with Crippen LogP contribution >= 0.6 is 11.8 Å². The van der Waals surface area contributed by atoms with Crippen molar-refractivity contribution in [2.45, 2.75) is 50.5 Å². The molecule has 1 amide bonds. The van der Waals surface area contributed by atoms with E-state index < -0.39 is 0 Å². The first-order valence-electron chi connectivity index (χ1n) is 9.35. The highest BCUT2D eigenvalue weighted by molar-refractivity contribution is 8.02. The van der Waals surface area contributed by atoms with Crippen molar-refractivity contribution in [2.75, 3.05) is 5.75 Å². The highest BCUT2D eigenvalue weighted by Gasteiger charge is 2.51. The molecular weight excluding hydrogens is 314 g/mol. The Morgan fingerprint density at radius 1 is 1.08 bits per heavy atom. The van der Waals surface area contributed by atoms with E-state index >= 15 is 0 Å². The van der Waals surface area contributed by atoms with E-state index in [9.17, 15) is 4.79 Å². The molecule has 4 aliphatic carbocycles. The lowest BCUT2D eigenvalue weighted by atomic mass is 9.53. The largest absolute Gasteiger partial charge is 0.351 e. The molecule has 0 radical (unpaired) electrons. The second-order valence-electron chi connectivity index (χ2n) is 8.08. The lowest BCUT2D eigenvalue weighted by Crippen LogP contribution is -2.59. The van der Waals surface area contributed by atoms with Gasteiger partial charge < -0.3 is 5.32 Å². The van der Waals surface area contributed by atoms with Crippen LogP contribution in [-0.4, -0.2) is 17.2 Å². The second-order valence-corrected chi connectivity index (χ2v) is 9.09. The summed E-state index contributed by atoms with van der Waals surface area (Å²) in [4.78, 5) is 12.4. The van der Waals surface area contributed by atoms with Crippen LogP contribution in [0.1, 0.15) is 50.5 Å². The zero-order valence-electron chi connectivity index (χ0n) is 14.2. The molecule has 0 heterocycles. The van der Waals surface area contributed by atoms with Gasteiger partial charge in [0.05, 0.1) is 0 Å².